The smallest absolute Gasteiger partial charge is 0.265 e. The lowest BCUT2D eigenvalue weighted by Gasteiger charge is -2.20. The van der Waals surface area contributed by atoms with E-state index in [1.54, 1.807) is 19.2 Å². The summed E-state index contributed by atoms with van der Waals surface area (Å²) in [4.78, 5) is 12.0. The van der Waals surface area contributed by atoms with Gasteiger partial charge >= 0.3 is 0 Å². The van der Waals surface area contributed by atoms with Crippen LogP contribution in [0.1, 0.15) is 35.3 Å². The topological polar surface area (TPSA) is 50.4 Å². The van der Waals surface area contributed by atoms with Crippen molar-refractivity contribution in [2.24, 2.45) is 0 Å². The molecule has 0 bridgehead atoms. The number of ether oxygens (including phenoxy) is 1. The lowest BCUT2D eigenvalue weighted by molar-refractivity contribution is 0.0924. The van der Waals surface area contributed by atoms with Gasteiger partial charge in [0.2, 0.25) is 0 Å². The van der Waals surface area contributed by atoms with Crippen molar-refractivity contribution in [1.82, 2.24) is 10.9 Å². The fourth-order valence-corrected chi connectivity index (χ4v) is 2.17. The fourth-order valence-electron chi connectivity index (χ4n) is 2.17. The van der Waals surface area contributed by atoms with Crippen molar-refractivity contribution < 1.29 is 9.53 Å². The first-order valence-corrected chi connectivity index (χ1v) is 7.00. The maximum atomic E-state index is 12.0. The highest BCUT2D eigenvalue weighted by Crippen LogP contribution is 2.26. The van der Waals surface area contributed by atoms with Gasteiger partial charge in [0, 0.05) is 11.1 Å². The minimum Gasteiger partial charge on any atom is -0.496 e. The summed E-state index contributed by atoms with van der Waals surface area (Å²) in [6.07, 6.45) is 0.829. The van der Waals surface area contributed by atoms with Crippen molar-refractivity contribution in [3.63, 3.8) is 0 Å². The predicted molar refractivity (Wildman–Crippen MR) is 83.1 cm³/mol. The maximum absolute atomic E-state index is 12.0. The molecule has 0 spiro atoms. The predicted octanol–water partition coefficient (Wildman–Crippen LogP) is 3.08. The number of carbonyl (C=O) groups is 1. The molecule has 2 aromatic rings. The molecule has 0 aromatic heterocycles. The van der Waals surface area contributed by atoms with E-state index in [4.69, 9.17) is 4.74 Å². The minimum absolute atomic E-state index is 0.00573. The van der Waals surface area contributed by atoms with Gasteiger partial charge in [0.1, 0.15) is 5.75 Å². The molecule has 0 saturated carbocycles. The first-order chi connectivity index (χ1) is 10.3. The van der Waals surface area contributed by atoms with E-state index < -0.39 is 0 Å². The Morgan fingerprint density at radius 3 is 2.43 bits per heavy atom. The van der Waals surface area contributed by atoms with E-state index in [9.17, 15) is 4.79 Å². The quantitative estimate of drug-likeness (QED) is 0.801. The molecule has 0 radical (unpaired) electrons. The van der Waals surface area contributed by atoms with E-state index in [1.165, 1.54) is 0 Å². The van der Waals surface area contributed by atoms with Crippen LogP contribution in [0.3, 0.4) is 0 Å². The minimum atomic E-state index is -0.149. The van der Waals surface area contributed by atoms with Gasteiger partial charge in [-0.05, 0) is 24.6 Å². The molecule has 2 N–H and O–H groups in total. The monoisotopic (exact) mass is 284 g/mol. The number of rotatable bonds is 6. The lowest BCUT2D eigenvalue weighted by atomic mass is 10.0. The Labute approximate surface area is 125 Å². The van der Waals surface area contributed by atoms with Crippen LogP contribution in [-0.2, 0) is 0 Å². The number of amides is 1. The first-order valence-electron chi connectivity index (χ1n) is 7.00. The van der Waals surface area contributed by atoms with Crippen LogP contribution in [0.2, 0.25) is 0 Å². The van der Waals surface area contributed by atoms with Gasteiger partial charge in [0.25, 0.3) is 5.91 Å². The van der Waals surface area contributed by atoms with E-state index in [0.717, 1.165) is 17.7 Å². The molecule has 4 heteroatoms. The van der Waals surface area contributed by atoms with Gasteiger partial charge in [-0.2, -0.15) is 0 Å². The second-order valence-corrected chi connectivity index (χ2v) is 4.67. The molecule has 0 fully saturated rings. The fraction of sp³-hybridized carbons (Fsp3) is 0.235. The van der Waals surface area contributed by atoms with Gasteiger partial charge in [-0.25, -0.2) is 5.43 Å². The van der Waals surface area contributed by atoms with Crippen LogP contribution < -0.4 is 15.6 Å². The van der Waals surface area contributed by atoms with Crippen LogP contribution in [0.15, 0.2) is 54.6 Å². The molecule has 1 amide bonds. The van der Waals surface area contributed by atoms with Gasteiger partial charge in [-0.1, -0.05) is 43.3 Å². The summed E-state index contributed by atoms with van der Waals surface area (Å²) in [6.45, 7) is 2.05. The normalized spacial score (nSPS) is 11.7. The molecule has 0 heterocycles. The molecule has 0 saturated heterocycles. The molecule has 0 unspecified atom stereocenters. The average Bonchev–Trinajstić information content (AvgIpc) is 2.56. The van der Waals surface area contributed by atoms with E-state index in [-0.39, 0.29) is 11.9 Å². The highest BCUT2D eigenvalue weighted by Gasteiger charge is 2.14. The van der Waals surface area contributed by atoms with Crippen LogP contribution in [0.25, 0.3) is 0 Å². The number of hydrogen-bond acceptors (Lipinski definition) is 3. The van der Waals surface area contributed by atoms with Crippen LogP contribution in [0.4, 0.5) is 0 Å². The zero-order chi connectivity index (χ0) is 15.1. The first kappa shape index (κ1) is 15.1. The zero-order valence-corrected chi connectivity index (χ0v) is 12.3. The van der Waals surface area contributed by atoms with E-state index in [2.05, 4.69) is 17.8 Å². The van der Waals surface area contributed by atoms with Crippen molar-refractivity contribution in [1.29, 1.82) is 0 Å². The summed E-state index contributed by atoms with van der Waals surface area (Å²) in [5, 5.41) is 0. The Balaban J connectivity index is 2.05. The summed E-state index contributed by atoms with van der Waals surface area (Å²) < 4.78 is 5.37. The molecule has 21 heavy (non-hydrogen) atoms. The molecular weight excluding hydrogens is 264 g/mol. The molecule has 1 atom stereocenters. The molecule has 110 valence electrons. The summed E-state index contributed by atoms with van der Waals surface area (Å²) in [6, 6.07) is 16.9. The van der Waals surface area contributed by atoms with Gasteiger partial charge < -0.3 is 4.74 Å². The zero-order valence-electron chi connectivity index (χ0n) is 12.3. The van der Waals surface area contributed by atoms with Crippen LogP contribution >= 0.6 is 0 Å². The molecule has 2 rings (SSSR count). The Morgan fingerprint density at radius 2 is 1.76 bits per heavy atom. The Kier molecular flexibility index (Phi) is 5.35. The summed E-state index contributed by atoms with van der Waals surface area (Å²) in [5.41, 5.74) is 7.48. The highest BCUT2D eigenvalue weighted by atomic mass is 16.5. The average molecular weight is 284 g/mol. The standard InChI is InChI=1S/C17H20N2O2/c1-3-15(14-11-7-8-12-16(14)21-2)18-19-17(20)13-9-5-4-6-10-13/h4-12,15,18H,3H2,1-2H3,(H,19,20)/t15-/m0/s1. The Morgan fingerprint density at radius 1 is 1.10 bits per heavy atom. The number of hydrogen-bond donors (Lipinski definition) is 2. The largest absolute Gasteiger partial charge is 0.496 e. The SMILES string of the molecule is CC[C@H](NNC(=O)c1ccccc1)c1ccccc1OC. The second-order valence-electron chi connectivity index (χ2n) is 4.67. The van der Waals surface area contributed by atoms with Gasteiger partial charge in [-0.15, -0.1) is 0 Å². The van der Waals surface area contributed by atoms with E-state index in [1.807, 2.05) is 42.5 Å². The second kappa shape index (κ2) is 7.45. The van der Waals surface area contributed by atoms with E-state index in [0.29, 0.717) is 5.56 Å². The molecular formula is C17H20N2O2. The number of para-hydroxylation sites is 1. The van der Waals surface area contributed by atoms with Crippen LogP contribution in [-0.4, -0.2) is 13.0 Å². The summed E-state index contributed by atoms with van der Waals surface area (Å²) >= 11 is 0. The summed E-state index contributed by atoms with van der Waals surface area (Å²) in [7, 11) is 1.65. The van der Waals surface area contributed by atoms with E-state index >= 15 is 0 Å². The third kappa shape index (κ3) is 3.83. The molecule has 2 aromatic carbocycles. The van der Waals surface area contributed by atoms with Crippen molar-refractivity contribution in [2.45, 2.75) is 19.4 Å². The molecule has 4 nitrogen and oxygen atoms in total. The van der Waals surface area contributed by atoms with Gasteiger partial charge in [-0.3, -0.25) is 10.2 Å². The van der Waals surface area contributed by atoms with Crippen molar-refractivity contribution in [3.05, 3.63) is 65.7 Å². The maximum Gasteiger partial charge on any atom is 0.265 e. The van der Waals surface area contributed by atoms with Crippen molar-refractivity contribution >= 4 is 5.91 Å². The summed E-state index contributed by atoms with van der Waals surface area (Å²) in [5.74, 6) is 0.662. The third-order valence-electron chi connectivity index (χ3n) is 3.32. The lowest BCUT2D eigenvalue weighted by Crippen LogP contribution is -2.39. The van der Waals surface area contributed by atoms with Crippen LogP contribution in [0.5, 0.6) is 5.75 Å². The number of benzene rings is 2. The van der Waals surface area contributed by atoms with Gasteiger partial charge in [0.05, 0.1) is 13.2 Å². The Bertz CT molecular complexity index is 584. The molecule has 0 aliphatic carbocycles. The number of nitrogens with one attached hydrogen (secondary N) is 2. The van der Waals surface area contributed by atoms with Crippen LogP contribution in [0, 0.1) is 0 Å². The Hall–Kier alpha value is -2.33. The molecule has 0 aliphatic rings. The van der Waals surface area contributed by atoms with Gasteiger partial charge in [0.15, 0.2) is 0 Å². The number of methoxy groups -OCH3 is 1. The number of hydrazine groups is 1. The third-order valence-corrected chi connectivity index (χ3v) is 3.32. The van der Waals surface area contributed by atoms with Crippen molar-refractivity contribution in [3.8, 4) is 5.75 Å². The molecule has 0 aliphatic heterocycles. The van der Waals surface area contributed by atoms with Crippen molar-refractivity contribution in [2.75, 3.05) is 7.11 Å². The number of carbonyl (C=O) groups excluding carboxylic acids is 1. The highest BCUT2D eigenvalue weighted by molar-refractivity contribution is 5.93.